The average Bonchev–Trinajstić information content (AvgIpc) is 2.91. The number of hydrogen-bond acceptors (Lipinski definition) is 5. The van der Waals surface area contributed by atoms with Crippen LogP contribution in [0, 0.1) is 0 Å². The summed E-state index contributed by atoms with van der Waals surface area (Å²) in [5.41, 5.74) is 1.83. The number of carboxylic acid groups (broad SMARTS) is 1. The third-order valence-corrected chi connectivity index (χ3v) is 4.20. The van der Waals surface area contributed by atoms with Crippen molar-refractivity contribution in [3.63, 3.8) is 0 Å². The molecule has 0 radical (unpaired) electrons. The fraction of sp³-hybridized carbons (Fsp3) is 0.250. The summed E-state index contributed by atoms with van der Waals surface area (Å²) < 4.78 is 5.37. The van der Waals surface area contributed by atoms with Gasteiger partial charge in [0.15, 0.2) is 0 Å². The topological polar surface area (TPSA) is 95.9 Å². The second-order valence-corrected chi connectivity index (χ2v) is 6.16. The van der Waals surface area contributed by atoms with E-state index in [2.05, 4.69) is 5.32 Å². The lowest BCUT2D eigenvalue weighted by atomic mass is 10.1. The fourth-order valence-electron chi connectivity index (χ4n) is 2.97. The molecule has 7 heteroatoms. The number of hydrogen-bond donors (Lipinski definition) is 2. The quantitative estimate of drug-likeness (QED) is 0.729. The highest BCUT2D eigenvalue weighted by atomic mass is 16.5. The molecule has 1 unspecified atom stereocenters. The minimum absolute atomic E-state index is 0.0585. The van der Waals surface area contributed by atoms with Crippen LogP contribution in [0.2, 0.25) is 0 Å². The van der Waals surface area contributed by atoms with Crippen molar-refractivity contribution in [1.82, 2.24) is 0 Å². The summed E-state index contributed by atoms with van der Waals surface area (Å²) in [6.07, 6.45) is -0.00440. The van der Waals surface area contributed by atoms with E-state index in [0.717, 1.165) is 0 Å². The van der Waals surface area contributed by atoms with Gasteiger partial charge in [0.1, 0.15) is 11.8 Å². The molecule has 1 saturated heterocycles. The molecule has 140 valence electrons. The number of amides is 2. The molecule has 2 aromatic carbocycles. The van der Waals surface area contributed by atoms with Crippen LogP contribution < -0.4 is 15.0 Å². The number of anilines is 2. The number of ether oxygens (including phenoxy) is 1. The number of nitrogens with zero attached hydrogens (tertiary/aromatic N) is 1. The van der Waals surface area contributed by atoms with Gasteiger partial charge in [0.2, 0.25) is 5.91 Å². The van der Waals surface area contributed by atoms with Crippen molar-refractivity contribution in [1.29, 1.82) is 0 Å². The molecule has 3 rings (SSSR count). The summed E-state index contributed by atoms with van der Waals surface area (Å²) in [6.45, 7) is 2.42. The Morgan fingerprint density at radius 3 is 2.41 bits per heavy atom. The highest BCUT2D eigenvalue weighted by molar-refractivity contribution is 6.23. The van der Waals surface area contributed by atoms with Crippen molar-refractivity contribution >= 4 is 29.2 Å². The zero-order chi connectivity index (χ0) is 19.4. The molecule has 27 heavy (non-hydrogen) atoms. The first-order valence-corrected chi connectivity index (χ1v) is 8.65. The zero-order valence-corrected chi connectivity index (χ0v) is 14.8. The van der Waals surface area contributed by atoms with E-state index < -0.39 is 12.0 Å². The summed E-state index contributed by atoms with van der Waals surface area (Å²) in [6, 6.07) is 12.9. The molecular weight excluding hydrogens is 348 g/mol. The van der Waals surface area contributed by atoms with E-state index in [0.29, 0.717) is 29.3 Å². The smallest absolute Gasteiger partial charge is 0.307 e. The van der Waals surface area contributed by atoms with Crippen LogP contribution in [-0.2, 0) is 20.8 Å². The molecule has 0 aromatic heterocycles. The lowest BCUT2D eigenvalue weighted by molar-refractivity contribution is -0.136. The average molecular weight is 368 g/mol. The van der Waals surface area contributed by atoms with Gasteiger partial charge in [0.05, 0.1) is 25.1 Å². The number of carbonyl (C=O) groups is 3. The Labute approximate surface area is 156 Å². The van der Waals surface area contributed by atoms with Gasteiger partial charge < -0.3 is 15.2 Å². The molecule has 0 aliphatic carbocycles. The van der Waals surface area contributed by atoms with Crippen LogP contribution in [0.3, 0.4) is 0 Å². The van der Waals surface area contributed by atoms with Gasteiger partial charge in [-0.3, -0.25) is 14.4 Å². The Balaban J connectivity index is 1.69. The van der Waals surface area contributed by atoms with E-state index >= 15 is 0 Å². The Hall–Kier alpha value is -3.35. The minimum atomic E-state index is -0.904. The minimum Gasteiger partial charge on any atom is -0.494 e. The Kier molecular flexibility index (Phi) is 5.40. The highest BCUT2D eigenvalue weighted by Gasteiger charge is 2.39. The maximum absolute atomic E-state index is 12.7. The summed E-state index contributed by atoms with van der Waals surface area (Å²) in [7, 11) is 0. The van der Waals surface area contributed by atoms with Gasteiger partial charge in [0, 0.05) is 5.69 Å². The van der Waals surface area contributed by atoms with Crippen LogP contribution in [0.5, 0.6) is 5.75 Å². The Morgan fingerprint density at radius 2 is 1.81 bits per heavy atom. The lowest BCUT2D eigenvalue weighted by Crippen LogP contribution is -2.34. The molecule has 2 aromatic rings. The zero-order valence-electron chi connectivity index (χ0n) is 14.8. The Morgan fingerprint density at radius 1 is 1.15 bits per heavy atom. The van der Waals surface area contributed by atoms with E-state index in [1.807, 2.05) is 6.92 Å². The molecular formula is C20H20N2O5. The molecule has 0 spiro atoms. The van der Waals surface area contributed by atoms with Gasteiger partial charge in [-0.15, -0.1) is 0 Å². The van der Waals surface area contributed by atoms with Gasteiger partial charge in [-0.1, -0.05) is 12.1 Å². The van der Waals surface area contributed by atoms with Crippen molar-refractivity contribution in [2.75, 3.05) is 16.8 Å². The molecule has 1 aliphatic heterocycles. The van der Waals surface area contributed by atoms with Gasteiger partial charge in [-0.25, -0.2) is 4.90 Å². The maximum Gasteiger partial charge on any atom is 0.307 e. The SMILES string of the molecule is CCOc1ccc(N2C(=O)CC(Nc3ccc(CC(=O)O)cc3)C2=O)cc1. The number of benzene rings is 2. The van der Waals surface area contributed by atoms with E-state index in [9.17, 15) is 14.4 Å². The van der Waals surface area contributed by atoms with Gasteiger partial charge in [-0.2, -0.15) is 0 Å². The van der Waals surface area contributed by atoms with Crippen molar-refractivity contribution < 1.29 is 24.2 Å². The monoisotopic (exact) mass is 368 g/mol. The number of aliphatic carboxylic acids is 1. The number of carbonyl (C=O) groups excluding carboxylic acids is 2. The molecule has 0 saturated carbocycles. The molecule has 1 aliphatic rings. The lowest BCUT2D eigenvalue weighted by Gasteiger charge is -2.16. The van der Waals surface area contributed by atoms with E-state index in [1.165, 1.54) is 4.90 Å². The van der Waals surface area contributed by atoms with E-state index in [1.54, 1.807) is 48.5 Å². The normalized spacial score (nSPS) is 16.5. The van der Waals surface area contributed by atoms with Crippen LogP contribution in [0.15, 0.2) is 48.5 Å². The summed E-state index contributed by atoms with van der Waals surface area (Å²) in [4.78, 5) is 36.9. The molecule has 0 bridgehead atoms. The number of imide groups is 1. The van der Waals surface area contributed by atoms with Crippen molar-refractivity contribution in [2.45, 2.75) is 25.8 Å². The number of rotatable bonds is 7. The van der Waals surface area contributed by atoms with Crippen LogP contribution in [0.1, 0.15) is 18.9 Å². The fourth-order valence-corrected chi connectivity index (χ4v) is 2.97. The molecule has 1 heterocycles. The third-order valence-electron chi connectivity index (χ3n) is 4.20. The van der Waals surface area contributed by atoms with Gasteiger partial charge in [-0.05, 0) is 48.9 Å². The summed E-state index contributed by atoms with van der Waals surface area (Å²) in [5.74, 6) is -0.822. The molecule has 1 fully saturated rings. The van der Waals surface area contributed by atoms with Crippen molar-refractivity contribution in [3.05, 3.63) is 54.1 Å². The second-order valence-electron chi connectivity index (χ2n) is 6.16. The first-order chi connectivity index (χ1) is 13.0. The Bertz CT molecular complexity index is 846. The third kappa shape index (κ3) is 4.25. The van der Waals surface area contributed by atoms with Crippen molar-refractivity contribution in [3.8, 4) is 5.75 Å². The predicted molar refractivity (Wildman–Crippen MR) is 99.9 cm³/mol. The number of carboxylic acids is 1. The van der Waals surface area contributed by atoms with Crippen LogP contribution in [0.4, 0.5) is 11.4 Å². The molecule has 2 amide bonds. The van der Waals surface area contributed by atoms with Gasteiger partial charge >= 0.3 is 5.97 Å². The van der Waals surface area contributed by atoms with Crippen LogP contribution in [0.25, 0.3) is 0 Å². The standard InChI is InChI=1S/C20H20N2O5/c1-2-27-16-9-7-15(8-10-16)22-18(23)12-17(20(22)26)21-14-5-3-13(4-6-14)11-19(24)25/h3-10,17,21H,2,11-12H2,1H3,(H,24,25). The van der Waals surface area contributed by atoms with Gasteiger partial charge in [0.25, 0.3) is 5.91 Å². The second kappa shape index (κ2) is 7.90. The first-order valence-electron chi connectivity index (χ1n) is 8.65. The summed E-state index contributed by atoms with van der Waals surface area (Å²) in [5, 5.41) is 11.9. The number of nitrogens with one attached hydrogen (secondary N) is 1. The van der Waals surface area contributed by atoms with E-state index in [4.69, 9.17) is 9.84 Å². The van der Waals surface area contributed by atoms with Crippen molar-refractivity contribution in [2.24, 2.45) is 0 Å². The summed E-state index contributed by atoms with van der Waals surface area (Å²) >= 11 is 0. The molecule has 1 atom stereocenters. The first kappa shape index (κ1) is 18.4. The van der Waals surface area contributed by atoms with E-state index in [-0.39, 0.29) is 24.7 Å². The largest absolute Gasteiger partial charge is 0.494 e. The highest BCUT2D eigenvalue weighted by Crippen LogP contribution is 2.27. The molecule has 2 N–H and O–H groups in total. The van der Waals surface area contributed by atoms with Crippen LogP contribution >= 0.6 is 0 Å². The predicted octanol–water partition coefficient (Wildman–Crippen LogP) is 2.46. The maximum atomic E-state index is 12.7. The molecule has 7 nitrogen and oxygen atoms in total. The van der Waals surface area contributed by atoms with Crippen LogP contribution in [-0.4, -0.2) is 35.5 Å².